The van der Waals surface area contributed by atoms with Gasteiger partial charge in [-0.3, -0.25) is 14.5 Å². The molecule has 1 saturated heterocycles. The van der Waals surface area contributed by atoms with E-state index in [2.05, 4.69) is 22.5 Å². The quantitative estimate of drug-likeness (QED) is 0.598. The van der Waals surface area contributed by atoms with Crippen LogP contribution in [0.2, 0.25) is 0 Å². The van der Waals surface area contributed by atoms with E-state index in [9.17, 15) is 9.59 Å². The first-order valence-electron chi connectivity index (χ1n) is 7.47. The van der Waals surface area contributed by atoms with Crippen LogP contribution in [0, 0.1) is 5.92 Å². The van der Waals surface area contributed by atoms with Crippen molar-refractivity contribution in [3.8, 4) is 0 Å². The van der Waals surface area contributed by atoms with Crippen molar-refractivity contribution in [2.45, 2.75) is 38.6 Å². The van der Waals surface area contributed by atoms with Gasteiger partial charge >= 0.3 is 0 Å². The molecule has 1 aliphatic heterocycles. The Balaban J connectivity index is 2.18. The van der Waals surface area contributed by atoms with Gasteiger partial charge in [0.05, 0.1) is 6.54 Å². The molecule has 20 heavy (non-hydrogen) atoms. The van der Waals surface area contributed by atoms with Crippen LogP contribution in [0.4, 0.5) is 0 Å². The van der Waals surface area contributed by atoms with Crippen LogP contribution in [0.15, 0.2) is 0 Å². The highest BCUT2D eigenvalue weighted by Crippen LogP contribution is 2.11. The number of carbonyl (C=O) groups is 2. The van der Waals surface area contributed by atoms with Crippen molar-refractivity contribution in [1.29, 1.82) is 0 Å². The third-order valence-corrected chi connectivity index (χ3v) is 3.87. The molecule has 1 atom stereocenters. The molecule has 0 aromatic heterocycles. The van der Waals surface area contributed by atoms with Crippen LogP contribution < -0.4 is 16.4 Å². The van der Waals surface area contributed by atoms with Gasteiger partial charge in [0.2, 0.25) is 11.8 Å². The lowest BCUT2D eigenvalue weighted by Crippen LogP contribution is -2.47. The third-order valence-electron chi connectivity index (χ3n) is 3.87. The van der Waals surface area contributed by atoms with Crippen LogP contribution in [0.1, 0.15) is 32.6 Å². The van der Waals surface area contributed by atoms with E-state index in [1.54, 1.807) is 7.05 Å². The van der Waals surface area contributed by atoms with E-state index in [1.165, 1.54) is 0 Å². The maximum atomic E-state index is 11.8. The number of likely N-dealkylation sites (tertiary alicyclic amines) is 1. The monoisotopic (exact) mass is 284 g/mol. The molecule has 4 N–H and O–H groups in total. The minimum atomic E-state index is 0.0447. The second-order valence-electron chi connectivity index (χ2n) is 5.67. The summed E-state index contributed by atoms with van der Waals surface area (Å²) >= 11 is 0. The minimum Gasteiger partial charge on any atom is -0.358 e. The zero-order valence-corrected chi connectivity index (χ0v) is 12.7. The van der Waals surface area contributed by atoms with E-state index in [0.29, 0.717) is 25.4 Å². The fourth-order valence-electron chi connectivity index (χ4n) is 2.31. The Morgan fingerprint density at radius 3 is 2.50 bits per heavy atom. The number of amides is 2. The molecule has 6 nitrogen and oxygen atoms in total. The van der Waals surface area contributed by atoms with Crippen LogP contribution in [-0.4, -0.2) is 56.0 Å². The van der Waals surface area contributed by atoms with E-state index >= 15 is 0 Å². The van der Waals surface area contributed by atoms with Crippen LogP contribution in [-0.2, 0) is 9.59 Å². The predicted molar refractivity (Wildman–Crippen MR) is 79.1 cm³/mol. The Morgan fingerprint density at radius 2 is 1.95 bits per heavy atom. The molecule has 0 saturated carbocycles. The molecular weight excluding hydrogens is 256 g/mol. The van der Waals surface area contributed by atoms with Gasteiger partial charge in [0, 0.05) is 32.6 Å². The Bertz CT molecular complexity index is 314. The lowest BCUT2D eigenvalue weighted by atomic mass is 10.0. The lowest BCUT2D eigenvalue weighted by Gasteiger charge is -2.31. The van der Waals surface area contributed by atoms with Gasteiger partial charge in [0.25, 0.3) is 0 Å². The van der Waals surface area contributed by atoms with Crippen LogP contribution in [0.25, 0.3) is 0 Å². The Kier molecular flexibility index (Phi) is 7.54. The van der Waals surface area contributed by atoms with Gasteiger partial charge < -0.3 is 16.4 Å². The summed E-state index contributed by atoms with van der Waals surface area (Å²) in [5, 5.41) is 5.71. The lowest BCUT2D eigenvalue weighted by molar-refractivity contribution is -0.124. The van der Waals surface area contributed by atoms with Crippen molar-refractivity contribution in [2.75, 3.05) is 33.2 Å². The second kappa shape index (κ2) is 8.92. The molecule has 2 amide bonds. The normalized spacial score (nSPS) is 18.6. The molecule has 1 rings (SSSR count). The molecule has 0 aliphatic carbocycles. The third kappa shape index (κ3) is 6.34. The number of likely N-dealkylation sites (N-methyl/N-ethyl adjacent to an activating group) is 1. The predicted octanol–water partition coefficient (Wildman–Crippen LogP) is -0.312. The molecule has 0 aromatic rings. The van der Waals surface area contributed by atoms with Gasteiger partial charge in [0.15, 0.2) is 0 Å². The highest BCUT2D eigenvalue weighted by molar-refractivity contribution is 5.77. The number of nitrogens with zero attached hydrogens (tertiary/aromatic N) is 1. The molecule has 0 bridgehead atoms. The highest BCUT2D eigenvalue weighted by Gasteiger charge is 2.21. The van der Waals surface area contributed by atoms with E-state index in [4.69, 9.17) is 5.73 Å². The molecular formula is C14H28N4O2. The SMILES string of the molecule is CNC(=O)CN1CCC(NC(=O)CCC(C)CN)CC1. The van der Waals surface area contributed by atoms with E-state index in [1.807, 2.05) is 0 Å². The summed E-state index contributed by atoms with van der Waals surface area (Å²) in [6.45, 7) is 4.86. The first-order chi connectivity index (χ1) is 9.55. The van der Waals surface area contributed by atoms with Gasteiger partial charge in [-0.05, 0) is 31.7 Å². The average Bonchev–Trinajstić information content (AvgIpc) is 2.46. The number of rotatable bonds is 7. The van der Waals surface area contributed by atoms with Crippen molar-refractivity contribution in [1.82, 2.24) is 15.5 Å². The topological polar surface area (TPSA) is 87.5 Å². The molecule has 1 fully saturated rings. The zero-order valence-electron chi connectivity index (χ0n) is 12.7. The minimum absolute atomic E-state index is 0.0447. The zero-order chi connectivity index (χ0) is 15.0. The molecule has 1 aliphatic rings. The Morgan fingerprint density at radius 1 is 1.30 bits per heavy atom. The van der Waals surface area contributed by atoms with E-state index in [-0.39, 0.29) is 17.9 Å². The molecule has 1 heterocycles. The van der Waals surface area contributed by atoms with Crippen molar-refractivity contribution in [3.05, 3.63) is 0 Å². The molecule has 1 unspecified atom stereocenters. The Hall–Kier alpha value is -1.14. The van der Waals surface area contributed by atoms with Crippen molar-refractivity contribution in [3.63, 3.8) is 0 Å². The summed E-state index contributed by atoms with van der Waals surface area (Å²) < 4.78 is 0. The van der Waals surface area contributed by atoms with Crippen LogP contribution in [0.5, 0.6) is 0 Å². The van der Waals surface area contributed by atoms with Gasteiger partial charge in [-0.2, -0.15) is 0 Å². The number of piperidine rings is 1. The summed E-state index contributed by atoms with van der Waals surface area (Å²) in [6, 6.07) is 0.247. The first kappa shape index (κ1) is 16.9. The summed E-state index contributed by atoms with van der Waals surface area (Å²) in [7, 11) is 1.65. The van der Waals surface area contributed by atoms with Gasteiger partial charge in [-0.25, -0.2) is 0 Å². The van der Waals surface area contributed by atoms with E-state index in [0.717, 1.165) is 32.4 Å². The van der Waals surface area contributed by atoms with E-state index < -0.39 is 0 Å². The molecule has 0 spiro atoms. The standard InChI is InChI=1S/C14H28N4O2/c1-11(9-15)3-4-13(19)17-12-5-7-18(8-6-12)10-14(20)16-2/h11-12H,3-10,15H2,1-2H3,(H,16,20)(H,17,19). The number of nitrogens with two attached hydrogens (primary N) is 1. The van der Waals surface area contributed by atoms with Gasteiger partial charge in [-0.15, -0.1) is 0 Å². The number of hydrogen-bond acceptors (Lipinski definition) is 4. The fourth-order valence-corrected chi connectivity index (χ4v) is 2.31. The summed E-state index contributed by atoms with van der Waals surface area (Å²) in [5.74, 6) is 0.563. The average molecular weight is 284 g/mol. The highest BCUT2D eigenvalue weighted by atomic mass is 16.2. The Labute approximate surface area is 121 Å². The number of carbonyl (C=O) groups excluding carboxylic acids is 2. The van der Waals surface area contributed by atoms with Crippen molar-refractivity contribution in [2.24, 2.45) is 11.7 Å². The number of hydrogen-bond donors (Lipinski definition) is 3. The van der Waals surface area contributed by atoms with Crippen LogP contribution >= 0.6 is 0 Å². The van der Waals surface area contributed by atoms with Crippen molar-refractivity contribution < 1.29 is 9.59 Å². The van der Waals surface area contributed by atoms with Gasteiger partial charge in [-0.1, -0.05) is 6.92 Å². The molecule has 6 heteroatoms. The summed E-state index contributed by atoms with van der Waals surface area (Å²) in [5.41, 5.74) is 5.54. The smallest absolute Gasteiger partial charge is 0.233 e. The number of nitrogens with one attached hydrogen (secondary N) is 2. The molecule has 116 valence electrons. The maximum Gasteiger partial charge on any atom is 0.233 e. The molecule has 0 radical (unpaired) electrons. The van der Waals surface area contributed by atoms with Crippen LogP contribution in [0.3, 0.4) is 0 Å². The fraction of sp³-hybridized carbons (Fsp3) is 0.857. The van der Waals surface area contributed by atoms with Crippen molar-refractivity contribution >= 4 is 11.8 Å². The molecule has 0 aromatic carbocycles. The van der Waals surface area contributed by atoms with Gasteiger partial charge in [0.1, 0.15) is 0 Å². The largest absolute Gasteiger partial charge is 0.358 e. The second-order valence-corrected chi connectivity index (χ2v) is 5.67. The first-order valence-corrected chi connectivity index (χ1v) is 7.47. The maximum absolute atomic E-state index is 11.8. The summed E-state index contributed by atoms with van der Waals surface area (Å²) in [4.78, 5) is 25.2. The summed E-state index contributed by atoms with van der Waals surface area (Å²) in [6.07, 6.45) is 3.22.